The van der Waals surface area contributed by atoms with Crippen molar-refractivity contribution in [3.8, 4) is 0 Å². The van der Waals surface area contributed by atoms with Crippen molar-refractivity contribution in [2.24, 2.45) is 11.8 Å². The summed E-state index contributed by atoms with van der Waals surface area (Å²) in [7, 11) is 1.40. The molecule has 4 heteroatoms. The second-order valence-corrected chi connectivity index (χ2v) is 8.20. The molecule has 4 nitrogen and oxygen atoms in total. The minimum Gasteiger partial charge on any atom is -0.469 e. The minimum atomic E-state index is -1.35. The van der Waals surface area contributed by atoms with Crippen molar-refractivity contribution < 1.29 is 9.53 Å². The molecule has 2 aromatic rings. The van der Waals surface area contributed by atoms with Crippen molar-refractivity contribution in [2.45, 2.75) is 30.8 Å². The standard InChI is InChI=1S/C29H28N2O2/c1-5-20-29(30-2,31-3)27-19-17-24(28(32)33-4)21-26(27)25(23-14-10-7-11-15-23)18-16-22-12-8-6-9-13-22/h5-16,18-19,24-26H,1,17,20-21H2,4H3/b18-16+/t24-,25+,26+/m1/s1. The zero-order chi connectivity index (χ0) is 23.7. The van der Waals surface area contributed by atoms with Gasteiger partial charge in [0, 0.05) is 11.8 Å². The van der Waals surface area contributed by atoms with E-state index in [1.165, 1.54) is 7.11 Å². The Hall–Kier alpha value is -3.89. The molecule has 3 atom stereocenters. The van der Waals surface area contributed by atoms with Crippen LogP contribution in [0.5, 0.6) is 0 Å². The molecule has 0 heterocycles. The third-order valence-electron chi connectivity index (χ3n) is 6.27. The highest BCUT2D eigenvalue weighted by Gasteiger charge is 2.53. The first kappa shape index (κ1) is 23.8. The molecule has 33 heavy (non-hydrogen) atoms. The monoisotopic (exact) mass is 436 g/mol. The average Bonchev–Trinajstić information content (AvgIpc) is 2.88. The van der Waals surface area contributed by atoms with Gasteiger partial charge < -0.3 is 4.74 Å². The second-order valence-electron chi connectivity index (χ2n) is 8.20. The van der Waals surface area contributed by atoms with Gasteiger partial charge in [0.25, 0.3) is 0 Å². The van der Waals surface area contributed by atoms with E-state index in [4.69, 9.17) is 17.9 Å². The smallest absolute Gasteiger partial charge is 0.469 e. The van der Waals surface area contributed by atoms with Gasteiger partial charge in [-0.1, -0.05) is 85.0 Å². The minimum absolute atomic E-state index is 0.113. The number of allylic oxidation sites excluding steroid dienone is 2. The first-order valence-electron chi connectivity index (χ1n) is 11.0. The summed E-state index contributed by atoms with van der Waals surface area (Å²) in [5, 5.41) is 0. The molecule has 0 spiro atoms. The number of ether oxygens (including phenoxy) is 1. The Bertz CT molecular complexity index is 1090. The van der Waals surface area contributed by atoms with Crippen molar-refractivity contribution >= 4 is 12.0 Å². The fourth-order valence-electron chi connectivity index (χ4n) is 4.61. The molecule has 1 aliphatic rings. The maximum absolute atomic E-state index is 12.5. The lowest BCUT2D eigenvalue weighted by Gasteiger charge is -2.33. The van der Waals surface area contributed by atoms with Crippen LogP contribution in [-0.4, -0.2) is 18.7 Å². The van der Waals surface area contributed by atoms with Crippen LogP contribution in [0.15, 0.2) is 91.0 Å². The Kier molecular flexibility index (Phi) is 8.01. The maximum Gasteiger partial charge on any atom is 0.509 e. The summed E-state index contributed by atoms with van der Waals surface area (Å²) < 4.78 is 5.05. The molecule has 0 aromatic heterocycles. The van der Waals surface area contributed by atoms with Crippen LogP contribution < -0.4 is 0 Å². The summed E-state index contributed by atoms with van der Waals surface area (Å²) in [6.07, 6.45) is 9.00. The lowest BCUT2D eigenvalue weighted by molar-refractivity contribution is -0.146. The number of benzene rings is 2. The molecule has 0 amide bonds. The van der Waals surface area contributed by atoms with Gasteiger partial charge in [0.05, 0.1) is 13.0 Å². The zero-order valence-electron chi connectivity index (χ0n) is 18.9. The van der Waals surface area contributed by atoms with Gasteiger partial charge in [0.2, 0.25) is 0 Å². The number of carbonyl (C=O) groups is 1. The van der Waals surface area contributed by atoms with E-state index in [2.05, 4.69) is 40.6 Å². The fourth-order valence-corrected chi connectivity index (χ4v) is 4.61. The molecule has 0 fully saturated rings. The van der Waals surface area contributed by atoms with Gasteiger partial charge >= 0.3 is 11.6 Å². The zero-order valence-corrected chi connectivity index (χ0v) is 18.9. The van der Waals surface area contributed by atoms with Crippen LogP contribution in [0, 0.1) is 25.0 Å². The highest BCUT2D eigenvalue weighted by atomic mass is 16.5. The molecular weight excluding hydrogens is 408 g/mol. The second kappa shape index (κ2) is 11.1. The normalized spacial score (nSPS) is 19.1. The third kappa shape index (κ3) is 5.30. The average molecular weight is 437 g/mol. The lowest BCUT2D eigenvalue weighted by Crippen LogP contribution is -2.35. The molecule has 166 valence electrons. The van der Waals surface area contributed by atoms with Crippen LogP contribution in [0.3, 0.4) is 0 Å². The van der Waals surface area contributed by atoms with E-state index in [1.54, 1.807) is 6.08 Å². The van der Waals surface area contributed by atoms with Crippen molar-refractivity contribution in [1.29, 1.82) is 0 Å². The number of methoxy groups -OCH3 is 1. The van der Waals surface area contributed by atoms with Gasteiger partial charge in [-0.3, -0.25) is 4.79 Å². The van der Waals surface area contributed by atoms with Crippen LogP contribution in [0.25, 0.3) is 15.8 Å². The van der Waals surface area contributed by atoms with E-state index in [9.17, 15) is 4.79 Å². The van der Waals surface area contributed by atoms with Gasteiger partial charge in [-0.05, 0) is 24.0 Å². The predicted octanol–water partition coefficient (Wildman–Crippen LogP) is 6.72. The number of hydrogen-bond acceptors (Lipinski definition) is 2. The first-order valence-corrected chi connectivity index (χ1v) is 11.0. The highest BCUT2D eigenvalue weighted by Crippen LogP contribution is 2.47. The SMILES string of the molecule is [C-]#[N+]C(CC=C)([N+]#[C-])C1=CC[C@@H](C(=O)OC)C[C@H]1[C@@H](/C=C/c1ccccc1)c1ccccc1. The molecule has 2 aromatic carbocycles. The largest absolute Gasteiger partial charge is 0.509 e. The summed E-state index contributed by atoms with van der Waals surface area (Å²) in [5.41, 5.74) is 1.57. The third-order valence-corrected chi connectivity index (χ3v) is 6.27. The topological polar surface area (TPSA) is 35.0 Å². The number of rotatable bonds is 8. The molecule has 1 aliphatic carbocycles. The predicted molar refractivity (Wildman–Crippen MR) is 132 cm³/mol. The molecule has 0 N–H and O–H groups in total. The summed E-state index contributed by atoms with van der Waals surface area (Å²) in [6.45, 7) is 19.6. The van der Waals surface area contributed by atoms with E-state index in [0.717, 1.165) is 16.7 Å². The van der Waals surface area contributed by atoms with E-state index in [0.29, 0.717) is 12.8 Å². The molecule has 0 aliphatic heterocycles. The van der Waals surface area contributed by atoms with Crippen molar-refractivity contribution in [3.63, 3.8) is 0 Å². The Labute approximate surface area is 196 Å². The van der Waals surface area contributed by atoms with Gasteiger partial charge in [0.15, 0.2) is 0 Å². The summed E-state index contributed by atoms with van der Waals surface area (Å²) in [6, 6.07) is 20.1. The van der Waals surface area contributed by atoms with Crippen molar-refractivity contribution in [1.82, 2.24) is 0 Å². The van der Waals surface area contributed by atoms with E-state index in [1.807, 2.05) is 54.6 Å². The van der Waals surface area contributed by atoms with Crippen LogP contribution in [0.2, 0.25) is 0 Å². The summed E-state index contributed by atoms with van der Waals surface area (Å²) in [4.78, 5) is 20.1. The molecule has 0 saturated heterocycles. The van der Waals surface area contributed by atoms with Crippen LogP contribution in [0.1, 0.15) is 36.3 Å². The van der Waals surface area contributed by atoms with Gasteiger partial charge in [0.1, 0.15) is 12.0 Å². The van der Waals surface area contributed by atoms with E-state index in [-0.39, 0.29) is 30.1 Å². The van der Waals surface area contributed by atoms with E-state index < -0.39 is 5.66 Å². The Morgan fingerprint density at radius 3 is 2.36 bits per heavy atom. The molecule has 0 radical (unpaired) electrons. The van der Waals surface area contributed by atoms with Crippen LogP contribution >= 0.6 is 0 Å². The highest BCUT2D eigenvalue weighted by molar-refractivity contribution is 5.73. The lowest BCUT2D eigenvalue weighted by atomic mass is 9.68. The van der Waals surface area contributed by atoms with Crippen LogP contribution in [-0.2, 0) is 9.53 Å². The quantitative estimate of drug-likeness (QED) is 0.262. The van der Waals surface area contributed by atoms with Crippen molar-refractivity contribution in [2.75, 3.05) is 7.11 Å². The first-order chi connectivity index (χ1) is 16.1. The maximum atomic E-state index is 12.5. The van der Waals surface area contributed by atoms with Crippen molar-refractivity contribution in [3.05, 3.63) is 125 Å². The van der Waals surface area contributed by atoms with Gasteiger partial charge in [-0.15, -0.1) is 6.58 Å². The molecule has 0 bridgehead atoms. The van der Waals surface area contributed by atoms with Gasteiger partial charge in [-0.25, -0.2) is 22.8 Å². The van der Waals surface area contributed by atoms with Crippen LogP contribution in [0.4, 0.5) is 0 Å². The fraction of sp³-hybridized carbons (Fsp3) is 0.276. The van der Waals surface area contributed by atoms with E-state index >= 15 is 0 Å². The Balaban J connectivity index is 2.14. The molecule has 0 saturated carbocycles. The summed E-state index contributed by atoms with van der Waals surface area (Å²) >= 11 is 0. The number of hydrogen-bond donors (Lipinski definition) is 0. The summed E-state index contributed by atoms with van der Waals surface area (Å²) in [5.74, 6) is -0.877. The number of nitrogens with zero attached hydrogens (tertiary/aromatic N) is 2. The number of carbonyl (C=O) groups excluding carboxylic acids is 1. The molecule has 0 unspecified atom stereocenters. The molecule has 3 rings (SSSR count). The van der Waals surface area contributed by atoms with Gasteiger partial charge in [-0.2, -0.15) is 0 Å². The number of esters is 1. The Morgan fingerprint density at radius 2 is 1.79 bits per heavy atom. The molecular formula is C29H28N2O2. The Morgan fingerprint density at radius 1 is 1.15 bits per heavy atom.